The van der Waals surface area contributed by atoms with Gasteiger partial charge in [0.2, 0.25) is 0 Å². The molecule has 0 unspecified atom stereocenters. The van der Waals surface area contributed by atoms with Gasteiger partial charge in [0.25, 0.3) is 5.56 Å². The van der Waals surface area contributed by atoms with E-state index in [2.05, 4.69) is 0 Å². The zero-order valence-electron chi connectivity index (χ0n) is 10.2. The molecular weight excluding hydrogens is 216 g/mol. The van der Waals surface area contributed by atoms with Crippen LogP contribution in [0, 0.1) is 25.2 Å². The summed E-state index contributed by atoms with van der Waals surface area (Å²) < 4.78 is 7.18. The van der Waals surface area contributed by atoms with Crippen molar-refractivity contribution in [3.8, 4) is 6.07 Å². The van der Waals surface area contributed by atoms with Crippen molar-refractivity contribution < 1.29 is 4.74 Å². The lowest BCUT2D eigenvalue weighted by atomic mass is 10.1. The van der Waals surface area contributed by atoms with Crippen LogP contribution in [0.4, 0.5) is 0 Å². The van der Waals surface area contributed by atoms with Crippen molar-refractivity contribution in [1.82, 2.24) is 4.57 Å². The van der Waals surface area contributed by atoms with Gasteiger partial charge in [0.05, 0.1) is 12.6 Å². The molecule has 0 spiro atoms. The van der Waals surface area contributed by atoms with Crippen LogP contribution < -0.4 is 5.56 Å². The van der Waals surface area contributed by atoms with E-state index in [-0.39, 0.29) is 17.2 Å². The number of nitriles is 1. The molecule has 0 radical (unpaired) electrons. The molecule has 4 heteroatoms. The van der Waals surface area contributed by atoms with Gasteiger partial charge in [-0.2, -0.15) is 5.26 Å². The van der Waals surface area contributed by atoms with Gasteiger partial charge >= 0.3 is 0 Å². The Hall–Kier alpha value is -1.60. The van der Waals surface area contributed by atoms with Gasteiger partial charge in [-0.05, 0) is 38.3 Å². The fourth-order valence-electron chi connectivity index (χ4n) is 2.28. The highest BCUT2D eigenvalue weighted by Crippen LogP contribution is 2.15. The number of hydrogen-bond acceptors (Lipinski definition) is 3. The lowest BCUT2D eigenvalue weighted by Crippen LogP contribution is -2.30. The molecule has 0 bridgehead atoms. The second-order valence-electron chi connectivity index (χ2n) is 4.51. The third kappa shape index (κ3) is 2.25. The van der Waals surface area contributed by atoms with E-state index in [1.807, 2.05) is 19.1 Å². The molecule has 2 rings (SSSR count). The molecule has 0 aromatic carbocycles. The molecule has 90 valence electrons. The summed E-state index contributed by atoms with van der Waals surface area (Å²) in [7, 11) is 0. The highest BCUT2D eigenvalue weighted by Gasteiger charge is 2.18. The summed E-state index contributed by atoms with van der Waals surface area (Å²) in [5, 5.41) is 8.98. The predicted molar refractivity (Wildman–Crippen MR) is 63.9 cm³/mol. The lowest BCUT2D eigenvalue weighted by molar-refractivity contribution is 0.0956. The van der Waals surface area contributed by atoms with Gasteiger partial charge in [-0.25, -0.2) is 0 Å². The van der Waals surface area contributed by atoms with Crippen molar-refractivity contribution >= 4 is 0 Å². The normalized spacial score (nSPS) is 19.2. The summed E-state index contributed by atoms with van der Waals surface area (Å²) in [4.78, 5) is 12.1. The average molecular weight is 232 g/mol. The van der Waals surface area contributed by atoms with Crippen LogP contribution in [-0.2, 0) is 11.3 Å². The Kier molecular flexibility index (Phi) is 3.30. The van der Waals surface area contributed by atoms with Gasteiger partial charge < -0.3 is 9.30 Å². The van der Waals surface area contributed by atoms with E-state index in [1.165, 1.54) is 0 Å². The van der Waals surface area contributed by atoms with Crippen molar-refractivity contribution in [2.24, 2.45) is 0 Å². The summed E-state index contributed by atoms with van der Waals surface area (Å²) in [6, 6.07) is 3.87. The van der Waals surface area contributed by atoms with Gasteiger partial charge in [0.1, 0.15) is 11.6 Å². The third-order valence-electron chi connectivity index (χ3n) is 3.23. The molecule has 1 saturated heterocycles. The van der Waals surface area contributed by atoms with E-state index in [1.54, 1.807) is 11.5 Å². The molecule has 0 aliphatic carbocycles. The van der Waals surface area contributed by atoms with Crippen molar-refractivity contribution in [2.45, 2.75) is 39.3 Å². The lowest BCUT2D eigenvalue weighted by Gasteiger charge is -2.15. The molecule has 1 aliphatic heterocycles. The minimum atomic E-state index is -0.194. The van der Waals surface area contributed by atoms with Crippen LogP contribution in [0.1, 0.15) is 29.7 Å². The van der Waals surface area contributed by atoms with E-state index in [0.29, 0.717) is 6.54 Å². The van der Waals surface area contributed by atoms with Gasteiger partial charge in [0.15, 0.2) is 0 Å². The van der Waals surface area contributed by atoms with Gasteiger partial charge in [-0.1, -0.05) is 0 Å². The minimum absolute atomic E-state index is 0.112. The summed E-state index contributed by atoms with van der Waals surface area (Å²) in [5.41, 5.74) is 1.69. The Morgan fingerprint density at radius 2 is 2.35 bits per heavy atom. The maximum atomic E-state index is 12.1. The Labute approximate surface area is 100 Å². The molecule has 1 aliphatic rings. The molecule has 1 fully saturated rings. The summed E-state index contributed by atoms with van der Waals surface area (Å²) in [5.74, 6) is 0. The van der Waals surface area contributed by atoms with Crippen LogP contribution >= 0.6 is 0 Å². The summed E-state index contributed by atoms with van der Waals surface area (Å²) in [6.45, 7) is 5.02. The highest BCUT2D eigenvalue weighted by atomic mass is 16.5. The highest BCUT2D eigenvalue weighted by molar-refractivity contribution is 5.36. The zero-order chi connectivity index (χ0) is 12.4. The molecule has 17 heavy (non-hydrogen) atoms. The standard InChI is InChI=1S/C13H16N2O2/c1-9-6-10(2)15(13(16)12(9)7-14)8-11-4-3-5-17-11/h6,11H,3-5,8H2,1-2H3/t11-/m0/s1. The molecule has 0 saturated carbocycles. The maximum absolute atomic E-state index is 12.1. The molecule has 1 aromatic rings. The maximum Gasteiger partial charge on any atom is 0.269 e. The Bertz CT molecular complexity index is 519. The molecule has 1 atom stereocenters. The first kappa shape index (κ1) is 11.9. The molecular formula is C13H16N2O2. The number of aromatic nitrogens is 1. The second-order valence-corrected chi connectivity index (χ2v) is 4.51. The number of nitrogens with zero attached hydrogens (tertiary/aromatic N) is 2. The molecule has 2 heterocycles. The first-order valence-corrected chi connectivity index (χ1v) is 5.86. The monoisotopic (exact) mass is 232 g/mol. The van der Waals surface area contributed by atoms with Crippen LogP contribution in [0.25, 0.3) is 0 Å². The minimum Gasteiger partial charge on any atom is -0.376 e. The average Bonchev–Trinajstić information content (AvgIpc) is 2.77. The van der Waals surface area contributed by atoms with Crippen molar-refractivity contribution in [3.05, 3.63) is 33.2 Å². The largest absolute Gasteiger partial charge is 0.376 e. The van der Waals surface area contributed by atoms with Gasteiger partial charge in [-0.15, -0.1) is 0 Å². The van der Waals surface area contributed by atoms with Gasteiger partial charge in [-0.3, -0.25) is 4.79 Å². The number of aryl methyl sites for hydroxylation is 2. The SMILES string of the molecule is Cc1cc(C)n(C[C@@H]2CCCO2)c(=O)c1C#N. The van der Waals surface area contributed by atoms with Crippen LogP contribution in [0.5, 0.6) is 0 Å². The Morgan fingerprint density at radius 3 is 2.94 bits per heavy atom. The number of hydrogen-bond donors (Lipinski definition) is 0. The fraction of sp³-hybridized carbons (Fsp3) is 0.538. The second kappa shape index (κ2) is 4.72. The van der Waals surface area contributed by atoms with Crippen LogP contribution in [0.2, 0.25) is 0 Å². The molecule has 0 N–H and O–H groups in total. The summed E-state index contributed by atoms with van der Waals surface area (Å²) in [6.07, 6.45) is 2.15. The quantitative estimate of drug-likeness (QED) is 0.776. The number of rotatable bonds is 2. The predicted octanol–water partition coefficient (Wildman–Crippen LogP) is 1.52. The summed E-state index contributed by atoms with van der Waals surface area (Å²) >= 11 is 0. The zero-order valence-corrected chi connectivity index (χ0v) is 10.2. The number of pyridine rings is 1. The Balaban J connectivity index is 2.39. The van der Waals surface area contributed by atoms with Crippen LogP contribution in [0.3, 0.4) is 0 Å². The van der Waals surface area contributed by atoms with E-state index < -0.39 is 0 Å². The van der Waals surface area contributed by atoms with Gasteiger partial charge in [0, 0.05) is 12.3 Å². The Morgan fingerprint density at radius 1 is 1.59 bits per heavy atom. The first-order valence-electron chi connectivity index (χ1n) is 5.86. The molecule has 0 amide bonds. The molecule has 1 aromatic heterocycles. The van der Waals surface area contributed by atoms with Crippen LogP contribution in [-0.4, -0.2) is 17.3 Å². The van der Waals surface area contributed by atoms with E-state index in [4.69, 9.17) is 10.00 Å². The smallest absolute Gasteiger partial charge is 0.269 e. The van der Waals surface area contributed by atoms with Crippen LogP contribution in [0.15, 0.2) is 10.9 Å². The fourth-order valence-corrected chi connectivity index (χ4v) is 2.28. The van der Waals surface area contributed by atoms with E-state index in [9.17, 15) is 4.79 Å². The number of ether oxygens (including phenoxy) is 1. The van der Waals surface area contributed by atoms with E-state index in [0.717, 1.165) is 30.7 Å². The van der Waals surface area contributed by atoms with Crippen molar-refractivity contribution in [1.29, 1.82) is 5.26 Å². The third-order valence-corrected chi connectivity index (χ3v) is 3.23. The van der Waals surface area contributed by atoms with Crippen molar-refractivity contribution in [2.75, 3.05) is 6.61 Å². The topological polar surface area (TPSA) is 55.0 Å². The first-order chi connectivity index (χ1) is 8.13. The van der Waals surface area contributed by atoms with E-state index >= 15 is 0 Å². The molecule has 4 nitrogen and oxygen atoms in total. The van der Waals surface area contributed by atoms with Crippen molar-refractivity contribution in [3.63, 3.8) is 0 Å².